The Morgan fingerprint density at radius 3 is 2.33 bits per heavy atom. The quantitative estimate of drug-likeness (QED) is 0.654. The number of benzene rings is 1. The first-order valence-corrected chi connectivity index (χ1v) is 5.84. The minimum absolute atomic E-state index is 0.840. The summed E-state index contributed by atoms with van der Waals surface area (Å²) in [5, 5.41) is 11.6. The molecule has 2 aromatic rings. The second-order valence-electron chi connectivity index (χ2n) is 4.19. The Morgan fingerprint density at radius 1 is 1.17 bits per heavy atom. The summed E-state index contributed by atoms with van der Waals surface area (Å²) in [4.78, 5) is 0. The van der Waals surface area contributed by atoms with E-state index < -0.39 is 0 Å². The number of hydrogen-bond donors (Lipinski definition) is 1. The molecule has 5 heteroatoms. The Kier molecular flexibility index (Phi) is 3.41. The first-order chi connectivity index (χ1) is 8.61. The SMILES string of the molecule is CNc1ccc(N=Nc2cc(C)[n+](C)n2C)cc1. The fourth-order valence-electron chi connectivity index (χ4n) is 1.66. The molecule has 0 amide bonds. The molecule has 0 atom stereocenters. The van der Waals surface area contributed by atoms with Crippen molar-refractivity contribution in [3.05, 3.63) is 36.0 Å². The van der Waals surface area contributed by atoms with Crippen molar-refractivity contribution < 1.29 is 4.68 Å². The van der Waals surface area contributed by atoms with E-state index in [4.69, 9.17) is 0 Å². The molecule has 0 aliphatic heterocycles. The van der Waals surface area contributed by atoms with Crippen molar-refractivity contribution in [2.24, 2.45) is 24.3 Å². The third-order valence-electron chi connectivity index (χ3n) is 3.05. The van der Waals surface area contributed by atoms with Crippen molar-refractivity contribution in [2.45, 2.75) is 6.92 Å². The van der Waals surface area contributed by atoms with Gasteiger partial charge in [-0.2, -0.15) is 0 Å². The first kappa shape index (κ1) is 12.3. The molecule has 5 nitrogen and oxygen atoms in total. The molecular formula is C13H18N5+. The van der Waals surface area contributed by atoms with Crippen LogP contribution < -0.4 is 10.00 Å². The van der Waals surface area contributed by atoms with E-state index in [0.29, 0.717) is 0 Å². The van der Waals surface area contributed by atoms with Crippen molar-refractivity contribution in [3.8, 4) is 0 Å². The number of rotatable bonds is 3. The summed E-state index contributed by atoms with van der Waals surface area (Å²) in [5.74, 6) is 0.840. The number of nitrogens with zero attached hydrogens (tertiary/aromatic N) is 4. The number of nitrogens with one attached hydrogen (secondary N) is 1. The van der Waals surface area contributed by atoms with Gasteiger partial charge in [-0.3, -0.25) is 0 Å². The summed E-state index contributed by atoms with van der Waals surface area (Å²) >= 11 is 0. The van der Waals surface area contributed by atoms with Gasteiger partial charge in [-0.1, -0.05) is 0 Å². The molecule has 94 valence electrons. The number of aromatic nitrogens is 2. The average Bonchev–Trinajstić information content (AvgIpc) is 2.64. The summed E-state index contributed by atoms with van der Waals surface area (Å²) < 4.78 is 3.99. The van der Waals surface area contributed by atoms with Crippen LogP contribution in [0, 0.1) is 6.92 Å². The lowest BCUT2D eigenvalue weighted by Gasteiger charge is -1.98. The van der Waals surface area contributed by atoms with Gasteiger partial charge in [0.2, 0.25) is 11.5 Å². The molecule has 0 fully saturated rings. The van der Waals surface area contributed by atoms with Crippen LogP contribution in [0.5, 0.6) is 0 Å². The Hall–Kier alpha value is -2.17. The third kappa shape index (κ3) is 2.40. The minimum atomic E-state index is 0.840. The topological polar surface area (TPSA) is 45.6 Å². The number of azo groups is 1. The number of anilines is 1. The maximum absolute atomic E-state index is 4.26. The lowest BCUT2D eigenvalue weighted by molar-refractivity contribution is -0.755. The Morgan fingerprint density at radius 2 is 1.83 bits per heavy atom. The molecule has 0 spiro atoms. The summed E-state index contributed by atoms with van der Waals surface area (Å²) in [6.07, 6.45) is 0. The van der Waals surface area contributed by atoms with Crippen LogP contribution in [-0.4, -0.2) is 11.7 Å². The van der Waals surface area contributed by atoms with Gasteiger partial charge in [-0.05, 0) is 24.3 Å². The third-order valence-corrected chi connectivity index (χ3v) is 3.05. The molecule has 0 saturated heterocycles. The highest BCUT2D eigenvalue weighted by Crippen LogP contribution is 2.19. The second-order valence-corrected chi connectivity index (χ2v) is 4.19. The van der Waals surface area contributed by atoms with E-state index in [0.717, 1.165) is 22.9 Å². The zero-order valence-electron chi connectivity index (χ0n) is 11.2. The van der Waals surface area contributed by atoms with Gasteiger partial charge in [0.1, 0.15) is 0 Å². The van der Waals surface area contributed by atoms with E-state index in [1.165, 1.54) is 0 Å². The molecule has 0 unspecified atom stereocenters. The van der Waals surface area contributed by atoms with Gasteiger partial charge >= 0.3 is 0 Å². The fraction of sp³-hybridized carbons (Fsp3) is 0.308. The van der Waals surface area contributed by atoms with Crippen molar-refractivity contribution in [3.63, 3.8) is 0 Å². The highest BCUT2D eigenvalue weighted by molar-refractivity contribution is 5.50. The van der Waals surface area contributed by atoms with E-state index in [-0.39, 0.29) is 0 Å². The molecule has 1 N–H and O–H groups in total. The molecular weight excluding hydrogens is 226 g/mol. The largest absolute Gasteiger partial charge is 0.388 e. The number of aryl methyl sites for hydroxylation is 1. The molecule has 2 rings (SSSR count). The summed E-state index contributed by atoms with van der Waals surface area (Å²) in [7, 11) is 5.85. The Bertz CT molecular complexity index is 566. The van der Waals surface area contributed by atoms with Crippen LogP contribution >= 0.6 is 0 Å². The highest BCUT2D eigenvalue weighted by Gasteiger charge is 2.11. The van der Waals surface area contributed by atoms with E-state index in [2.05, 4.69) is 15.5 Å². The van der Waals surface area contributed by atoms with Crippen LogP contribution in [0.4, 0.5) is 17.2 Å². The van der Waals surface area contributed by atoms with Gasteiger partial charge in [0.15, 0.2) is 7.05 Å². The van der Waals surface area contributed by atoms with E-state index in [1.54, 1.807) is 0 Å². The Balaban J connectivity index is 2.21. The van der Waals surface area contributed by atoms with Crippen LogP contribution in [0.1, 0.15) is 5.69 Å². The maximum Gasteiger partial charge on any atom is 0.215 e. The zero-order valence-corrected chi connectivity index (χ0v) is 11.2. The molecule has 0 bridgehead atoms. The maximum atomic E-state index is 4.26. The van der Waals surface area contributed by atoms with Gasteiger partial charge in [0, 0.05) is 19.7 Å². The van der Waals surface area contributed by atoms with E-state index in [9.17, 15) is 0 Å². The lowest BCUT2D eigenvalue weighted by Crippen LogP contribution is -2.39. The standard InChI is InChI=1S/C13H17N5/c1-10-9-13(18(4)17(10)3)16-15-12-7-5-11(14-2)6-8-12/h5-9H,1-4H3/p+1. The van der Waals surface area contributed by atoms with Gasteiger partial charge in [0.25, 0.3) is 0 Å². The first-order valence-electron chi connectivity index (χ1n) is 5.84. The average molecular weight is 244 g/mol. The van der Waals surface area contributed by atoms with Gasteiger partial charge in [0.05, 0.1) is 18.8 Å². The zero-order chi connectivity index (χ0) is 13.1. The van der Waals surface area contributed by atoms with Gasteiger partial charge < -0.3 is 5.32 Å². The van der Waals surface area contributed by atoms with Gasteiger partial charge in [-0.15, -0.1) is 19.6 Å². The van der Waals surface area contributed by atoms with Crippen molar-refractivity contribution >= 4 is 17.2 Å². The molecule has 0 aliphatic rings. The molecule has 18 heavy (non-hydrogen) atoms. The normalized spacial score (nSPS) is 11.1. The van der Waals surface area contributed by atoms with Crippen molar-refractivity contribution in [1.82, 2.24) is 4.68 Å². The molecule has 1 heterocycles. The van der Waals surface area contributed by atoms with Crippen LogP contribution in [0.3, 0.4) is 0 Å². The predicted molar refractivity (Wildman–Crippen MR) is 71.5 cm³/mol. The number of hydrogen-bond acceptors (Lipinski definition) is 3. The molecule has 1 aromatic heterocycles. The summed E-state index contributed by atoms with van der Waals surface area (Å²) in [6.45, 7) is 2.04. The highest BCUT2D eigenvalue weighted by atomic mass is 15.4. The fourth-order valence-corrected chi connectivity index (χ4v) is 1.66. The molecule has 0 saturated carbocycles. The minimum Gasteiger partial charge on any atom is -0.388 e. The van der Waals surface area contributed by atoms with Crippen LogP contribution in [0.15, 0.2) is 40.6 Å². The van der Waals surface area contributed by atoms with Crippen molar-refractivity contribution in [1.29, 1.82) is 0 Å². The van der Waals surface area contributed by atoms with E-state index >= 15 is 0 Å². The lowest BCUT2D eigenvalue weighted by atomic mass is 10.3. The van der Waals surface area contributed by atoms with Crippen LogP contribution in [0.2, 0.25) is 0 Å². The summed E-state index contributed by atoms with van der Waals surface area (Å²) in [5.41, 5.74) is 3.06. The van der Waals surface area contributed by atoms with Crippen molar-refractivity contribution in [2.75, 3.05) is 12.4 Å². The summed E-state index contributed by atoms with van der Waals surface area (Å²) in [6, 6.07) is 9.83. The monoisotopic (exact) mass is 244 g/mol. The van der Waals surface area contributed by atoms with Gasteiger partial charge in [-0.25, -0.2) is 0 Å². The second kappa shape index (κ2) is 5.00. The Labute approximate surface area is 107 Å². The molecule has 0 radical (unpaired) electrons. The van der Waals surface area contributed by atoms with Crippen LogP contribution in [0.25, 0.3) is 0 Å². The van der Waals surface area contributed by atoms with E-state index in [1.807, 2.05) is 67.8 Å². The smallest absolute Gasteiger partial charge is 0.215 e. The van der Waals surface area contributed by atoms with Crippen LogP contribution in [-0.2, 0) is 14.1 Å². The molecule has 0 aliphatic carbocycles. The molecule has 1 aromatic carbocycles. The predicted octanol–water partition coefficient (Wildman–Crippen LogP) is 2.62.